The number of aromatic nitrogens is 1. The lowest BCUT2D eigenvalue weighted by atomic mass is 10.0. The topological polar surface area (TPSA) is 48.0 Å². The second kappa shape index (κ2) is 4.37. The van der Waals surface area contributed by atoms with Crippen molar-refractivity contribution in [3.05, 3.63) is 50.9 Å². The Labute approximate surface area is 108 Å². The number of benzene rings is 1. The molecule has 1 aromatic heterocycles. The maximum Gasteiger partial charge on any atom is 0.274 e. The number of nitrogen functional groups attached to an aromatic ring is 1. The molecule has 3 nitrogen and oxygen atoms in total. The van der Waals surface area contributed by atoms with Gasteiger partial charge in [0, 0.05) is 22.8 Å². The van der Waals surface area contributed by atoms with Gasteiger partial charge in [-0.25, -0.2) is 0 Å². The van der Waals surface area contributed by atoms with Crippen LogP contribution < -0.4 is 11.3 Å². The Hall–Kier alpha value is -1.55. The van der Waals surface area contributed by atoms with Crippen LogP contribution in [0.15, 0.2) is 39.6 Å². The van der Waals surface area contributed by atoms with Crippen molar-refractivity contribution in [3.63, 3.8) is 0 Å². The fraction of sp³-hybridized carbons (Fsp3) is 0.154. The zero-order valence-electron chi connectivity index (χ0n) is 9.70. The molecule has 1 aromatic carbocycles. The molecule has 0 fully saturated rings. The molecule has 0 saturated carbocycles. The van der Waals surface area contributed by atoms with E-state index in [1.807, 2.05) is 37.3 Å². The van der Waals surface area contributed by atoms with Crippen LogP contribution in [-0.2, 0) is 7.05 Å². The maximum atomic E-state index is 11.9. The molecule has 0 aliphatic heterocycles. The second-order valence-electron chi connectivity index (χ2n) is 3.96. The third-order valence-corrected chi connectivity index (χ3v) is 3.56. The summed E-state index contributed by atoms with van der Waals surface area (Å²) < 4.78 is 2.48. The Balaban J connectivity index is 2.78. The summed E-state index contributed by atoms with van der Waals surface area (Å²) in [7, 11) is 1.72. The summed E-state index contributed by atoms with van der Waals surface area (Å²) in [5, 5.41) is 0. The minimum absolute atomic E-state index is 0.157. The van der Waals surface area contributed by atoms with E-state index in [0.717, 1.165) is 21.3 Å². The van der Waals surface area contributed by atoms with Gasteiger partial charge in [-0.1, -0.05) is 34.1 Å². The highest BCUT2D eigenvalue weighted by atomic mass is 79.9. The molecule has 0 saturated heterocycles. The monoisotopic (exact) mass is 292 g/mol. The molecule has 2 rings (SSSR count). The standard InChI is InChI=1S/C13H13BrN2O/c1-8-7-10(12(15)13(17)16(8)2)9-5-3-4-6-11(9)14/h3-7H,15H2,1-2H3. The highest BCUT2D eigenvalue weighted by molar-refractivity contribution is 9.10. The average Bonchev–Trinajstić information content (AvgIpc) is 2.32. The Morgan fingerprint density at radius 3 is 2.53 bits per heavy atom. The number of nitrogens with two attached hydrogens (primary N) is 1. The predicted octanol–water partition coefficient (Wildman–Crippen LogP) is 2.71. The van der Waals surface area contributed by atoms with Gasteiger partial charge < -0.3 is 10.3 Å². The summed E-state index contributed by atoms with van der Waals surface area (Å²) in [6.07, 6.45) is 0. The third kappa shape index (κ3) is 2.00. The van der Waals surface area contributed by atoms with Gasteiger partial charge in [0.25, 0.3) is 5.56 Å². The van der Waals surface area contributed by atoms with Crippen molar-refractivity contribution in [1.29, 1.82) is 0 Å². The number of aryl methyl sites for hydroxylation is 1. The van der Waals surface area contributed by atoms with Crippen molar-refractivity contribution in [3.8, 4) is 11.1 Å². The van der Waals surface area contributed by atoms with Crippen LogP contribution in [0.1, 0.15) is 5.69 Å². The van der Waals surface area contributed by atoms with E-state index >= 15 is 0 Å². The minimum Gasteiger partial charge on any atom is -0.394 e. The van der Waals surface area contributed by atoms with E-state index in [4.69, 9.17) is 5.73 Å². The van der Waals surface area contributed by atoms with Gasteiger partial charge >= 0.3 is 0 Å². The van der Waals surface area contributed by atoms with Crippen molar-refractivity contribution < 1.29 is 0 Å². The minimum atomic E-state index is -0.157. The van der Waals surface area contributed by atoms with Crippen molar-refractivity contribution in [2.75, 3.05) is 5.73 Å². The van der Waals surface area contributed by atoms with Gasteiger partial charge in [-0.2, -0.15) is 0 Å². The van der Waals surface area contributed by atoms with E-state index in [-0.39, 0.29) is 11.2 Å². The summed E-state index contributed by atoms with van der Waals surface area (Å²) in [5.74, 6) is 0. The predicted molar refractivity (Wildman–Crippen MR) is 74.0 cm³/mol. The van der Waals surface area contributed by atoms with Gasteiger partial charge in [-0.05, 0) is 24.6 Å². The first-order valence-electron chi connectivity index (χ1n) is 5.23. The van der Waals surface area contributed by atoms with Crippen molar-refractivity contribution >= 4 is 21.6 Å². The second-order valence-corrected chi connectivity index (χ2v) is 4.81. The number of hydrogen-bond acceptors (Lipinski definition) is 2. The Kier molecular flexibility index (Phi) is 3.07. The summed E-state index contributed by atoms with van der Waals surface area (Å²) >= 11 is 3.47. The maximum absolute atomic E-state index is 11.9. The largest absolute Gasteiger partial charge is 0.394 e. The lowest BCUT2D eigenvalue weighted by Crippen LogP contribution is -2.22. The molecule has 88 valence electrons. The normalized spacial score (nSPS) is 10.5. The van der Waals surface area contributed by atoms with E-state index in [2.05, 4.69) is 15.9 Å². The summed E-state index contributed by atoms with van der Waals surface area (Å²) in [4.78, 5) is 11.9. The zero-order chi connectivity index (χ0) is 12.6. The Morgan fingerprint density at radius 2 is 1.88 bits per heavy atom. The number of anilines is 1. The number of nitrogens with zero attached hydrogens (tertiary/aromatic N) is 1. The molecule has 0 unspecified atom stereocenters. The molecule has 0 aliphatic carbocycles. The average molecular weight is 293 g/mol. The van der Waals surface area contributed by atoms with E-state index < -0.39 is 0 Å². The highest BCUT2D eigenvalue weighted by Crippen LogP contribution is 2.30. The fourth-order valence-electron chi connectivity index (χ4n) is 1.74. The van der Waals surface area contributed by atoms with Crippen LogP contribution in [0.25, 0.3) is 11.1 Å². The molecule has 0 aliphatic rings. The lowest BCUT2D eigenvalue weighted by molar-refractivity contribution is 0.823. The van der Waals surface area contributed by atoms with Crippen molar-refractivity contribution in [1.82, 2.24) is 4.57 Å². The van der Waals surface area contributed by atoms with Crippen LogP contribution in [-0.4, -0.2) is 4.57 Å². The molecule has 0 amide bonds. The first-order chi connectivity index (χ1) is 8.02. The van der Waals surface area contributed by atoms with Crippen LogP contribution in [0, 0.1) is 6.92 Å². The SMILES string of the molecule is Cc1cc(-c2ccccc2Br)c(N)c(=O)n1C. The molecule has 2 N–H and O–H groups in total. The molecular formula is C13H13BrN2O. The molecule has 0 bridgehead atoms. The molecule has 1 heterocycles. The van der Waals surface area contributed by atoms with E-state index in [9.17, 15) is 4.79 Å². The molecule has 4 heteroatoms. The molecule has 2 aromatic rings. The van der Waals surface area contributed by atoms with Crippen LogP contribution in [0.5, 0.6) is 0 Å². The lowest BCUT2D eigenvalue weighted by Gasteiger charge is -2.11. The van der Waals surface area contributed by atoms with E-state index in [0.29, 0.717) is 0 Å². The molecule has 0 atom stereocenters. The van der Waals surface area contributed by atoms with E-state index in [1.54, 1.807) is 11.6 Å². The Morgan fingerprint density at radius 1 is 1.24 bits per heavy atom. The highest BCUT2D eigenvalue weighted by Gasteiger charge is 2.11. The number of halogens is 1. The quantitative estimate of drug-likeness (QED) is 0.878. The molecule has 17 heavy (non-hydrogen) atoms. The van der Waals surface area contributed by atoms with E-state index in [1.165, 1.54) is 0 Å². The van der Waals surface area contributed by atoms with Crippen molar-refractivity contribution in [2.24, 2.45) is 7.05 Å². The van der Waals surface area contributed by atoms with Gasteiger partial charge in [0.05, 0.1) is 0 Å². The molecular weight excluding hydrogens is 280 g/mol. The first kappa shape index (κ1) is 11.9. The third-order valence-electron chi connectivity index (χ3n) is 2.87. The first-order valence-corrected chi connectivity index (χ1v) is 6.02. The smallest absolute Gasteiger partial charge is 0.274 e. The fourth-order valence-corrected chi connectivity index (χ4v) is 2.24. The van der Waals surface area contributed by atoms with Gasteiger partial charge in [-0.15, -0.1) is 0 Å². The van der Waals surface area contributed by atoms with Gasteiger partial charge in [0.2, 0.25) is 0 Å². The zero-order valence-corrected chi connectivity index (χ0v) is 11.3. The van der Waals surface area contributed by atoms with Crippen LogP contribution in [0.3, 0.4) is 0 Å². The summed E-state index contributed by atoms with van der Waals surface area (Å²) in [5.41, 5.74) is 8.62. The number of hydrogen-bond donors (Lipinski definition) is 1. The summed E-state index contributed by atoms with van der Waals surface area (Å²) in [6.45, 7) is 1.89. The number of rotatable bonds is 1. The van der Waals surface area contributed by atoms with Gasteiger partial charge in [0.15, 0.2) is 0 Å². The van der Waals surface area contributed by atoms with Crippen LogP contribution in [0.4, 0.5) is 5.69 Å². The molecule has 0 spiro atoms. The van der Waals surface area contributed by atoms with Crippen LogP contribution in [0.2, 0.25) is 0 Å². The van der Waals surface area contributed by atoms with Crippen LogP contribution >= 0.6 is 15.9 Å². The number of pyridine rings is 1. The van der Waals surface area contributed by atoms with Gasteiger partial charge in [0.1, 0.15) is 5.69 Å². The Bertz CT molecular complexity index is 632. The molecule has 0 radical (unpaired) electrons. The summed E-state index contributed by atoms with van der Waals surface area (Å²) in [6, 6.07) is 9.65. The van der Waals surface area contributed by atoms with Gasteiger partial charge in [-0.3, -0.25) is 4.79 Å². The van der Waals surface area contributed by atoms with Crippen molar-refractivity contribution in [2.45, 2.75) is 6.92 Å².